The molecule has 1 unspecified atom stereocenters. The first-order valence-corrected chi connectivity index (χ1v) is 14.5. The quantitative estimate of drug-likeness (QED) is 0.346. The minimum absolute atomic E-state index is 0.0667. The Morgan fingerprint density at radius 2 is 1.92 bits per heavy atom. The molecule has 3 heterocycles. The number of hydrogen-bond acceptors (Lipinski definition) is 6. The Morgan fingerprint density at radius 3 is 2.63 bits per heavy atom. The Bertz CT molecular complexity index is 1420. The highest BCUT2D eigenvalue weighted by molar-refractivity contribution is 8.00. The maximum absolute atomic E-state index is 13.7. The maximum Gasteiger partial charge on any atom is 0.240 e. The van der Waals surface area contributed by atoms with E-state index >= 15 is 0 Å². The Labute approximate surface area is 231 Å². The largest absolute Gasteiger partial charge is 0.353 e. The van der Waals surface area contributed by atoms with Crippen LogP contribution < -0.4 is 10.2 Å². The van der Waals surface area contributed by atoms with E-state index in [2.05, 4.69) is 22.8 Å². The lowest BCUT2D eigenvalue weighted by Crippen LogP contribution is -2.43. The van der Waals surface area contributed by atoms with E-state index in [1.807, 2.05) is 85.2 Å². The smallest absolute Gasteiger partial charge is 0.240 e. The van der Waals surface area contributed by atoms with E-state index < -0.39 is 0 Å². The molecule has 2 aromatic carbocycles. The summed E-state index contributed by atoms with van der Waals surface area (Å²) < 4.78 is 1.85. The van der Waals surface area contributed by atoms with Crippen LogP contribution in [0.15, 0.2) is 72.1 Å². The first kappa shape index (κ1) is 26.2. The van der Waals surface area contributed by atoms with Crippen LogP contribution in [0.5, 0.6) is 0 Å². The molecule has 0 saturated heterocycles. The van der Waals surface area contributed by atoms with Crippen molar-refractivity contribution in [2.24, 2.45) is 0 Å². The average Bonchev–Trinajstić information content (AvgIpc) is 3.54. The summed E-state index contributed by atoms with van der Waals surface area (Å²) in [6.07, 6.45) is 0. The molecule has 4 aromatic rings. The zero-order valence-corrected chi connectivity index (χ0v) is 23.4. The van der Waals surface area contributed by atoms with Gasteiger partial charge in [-0.05, 0) is 50.2 Å². The zero-order valence-electron chi connectivity index (χ0n) is 21.8. The molecule has 9 heteroatoms. The molecule has 0 radical (unpaired) electrons. The first-order chi connectivity index (χ1) is 18.4. The lowest BCUT2D eigenvalue weighted by atomic mass is 10.0. The molecule has 196 valence electrons. The number of nitrogens with one attached hydrogen (secondary N) is 1. The maximum atomic E-state index is 13.7. The minimum Gasteiger partial charge on any atom is -0.353 e. The van der Waals surface area contributed by atoms with Gasteiger partial charge in [-0.25, -0.2) is 4.68 Å². The number of carbonyl (C=O) groups is 2. The van der Waals surface area contributed by atoms with Gasteiger partial charge in [-0.3, -0.25) is 14.5 Å². The van der Waals surface area contributed by atoms with Crippen LogP contribution in [0.2, 0.25) is 0 Å². The van der Waals surface area contributed by atoms with E-state index in [4.69, 9.17) is 5.10 Å². The number of carbonyl (C=O) groups excluding carboxylic acids is 2. The molecule has 2 amide bonds. The van der Waals surface area contributed by atoms with Gasteiger partial charge in [0.15, 0.2) is 0 Å². The molecule has 0 fully saturated rings. The van der Waals surface area contributed by atoms with Crippen LogP contribution in [0, 0.1) is 6.92 Å². The molecule has 0 spiro atoms. The van der Waals surface area contributed by atoms with Crippen molar-refractivity contribution in [1.82, 2.24) is 20.0 Å². The van der Waals surface area contributed by atoms with Crippen LogP contribution >= 0.6 is 23.1 Å². The molecule has 0 bridgehead atoms. The number of nitrogens with zero attached hydrogens (tertiary/aromatic N) is 4. The molecule has 1 aliphatic rings. The van der Waals surface area contributed by atoms with Gasteiger partial charge in [-0.15, -0.1) is 23.1 Å². The first-order valence-electron chi connectivity index (χ1n) is 12.5. The second-order valence-corrected chi connectivity index (χ2v) is 11.6. The van der Waals surface area contributed by atoms with Crippen LogP contribution in [0.3, 0.4) is 0 Å². The third-order valence-corrected chi connectivity index (χ3v) is 8.69. The number of fused-ring (bicyclic) bond motifs is 1. The number of anilines is 1. The molecule has 0 saturated carbocycles. The van der Waals surface area contributed by atoms with Gasteiger partial charge in [-0.2, -0.15) is 5.10 Å². The van der Waals surface area contributed by atoms with Crippen LogP contribution in [0.1, 0.15) is 21.3 Å². The van der Waals surface area contributed by atoms with Gasteiger partial charge in [0, 0.05) is 29.1 Å². The minimum atomic E-state index is -0.191. The number of likely N-dealkylation sites (N-methyl/N-ethyl adjacent to an activating group) is 1. The van der Waals surface area contributed by atoms with E-state index in [1.165, 1.54) is 0 Å². The fourth-order valence-corrected chi connectivity index (χ4v) is 6.73. The summed E-state index contributed by atoms with van der Waals surface area (Å²) in [6.45, 7) is 3.21. The molecule has 38 heavy (non-hydrogen) atoms. The van der Waals surface area contributed by atoms with Crippen molar-refractivity contribution in [1.29, 1.82) is 0 Å². The summed E-state index contributed by atoms with van der Waals surface area (Å²) in [5.74, 6) is 0.630. The molecule has 7 nitrogen and oxygen atoms in total. The van der Waals surface area contributed by atoms with Gasteiger partial charge >= 0.3 is 0 Å². The van der Waals surface area contributed by atoms with Gasteiger partial charge in [0.05, 0.1) is 22.4 Å². The third kappa shape index (κ3) is 5.55. The van der Waals surface area contributed by atoms with Gasteiger partial charge in [-0.1, -0.05) is 48.5 Å². The molecular formula is C29H31N5O2S2. The van der Waals surface area contributed by atoms with Crippen molar-refractivity contribution in [2.45, 2.75) is 12.2 Å². The number of benzene rings is 2. The van der Waals surface area contributed by atoms with Gasteiger partial charge < -0.3 is 10.2 Å². The molecule has 0 aliphatic carbocycles. The van der Waals surface area contributed by atoms with Crippen LogP contribution in [0.25, 0.3) is 16.9 Å². The van der Waals surface area contributed by atoms with Crippen molar-refractivity contribution < 1.29 is 9.59 Å². The Kier molecular flexibility index (Phi) is 7.97. The predicted molar refractivity (Wildman–Crippen MR) is 156 cm³/mol. The predicted octanol–water partition coefficient (Wildman–Crippen LogP) is 4.76. The summed E-state index contributed by atoms with van der Waals surface area (Å²) in [5.41, 5.74) is 4.69. The number of amides is 2. The van der Waals surface area contributed by atoms with Crippen molar-refractivity contribution in [3.63, 3.8) is 0 Å². The molecule has 1 aliphatic heterocycles. The number of thioether (sulfide) groups is 1. The van der Waals surface area contributed by atoms with E-state index in [-0.39, 0.29) is 29.4 Å². The van der Waals surface area contributed by atoms with E-state index in [0.29, 0.717) is 12.4 Å². The molecule has 1 N–H and O–H groups in total. The van der Waals surface area contributed by atoms with Crippen LogP contribution in [0.4, 0.5) is 5.82 Å². The fraction of sp³-hybridized carbons (Fsp3) is 0.276. The van der Waals surface area contributed by atoms with Crippen molar-refractivity contribution >= 4 is 40.7 Å². The monoisotopic (exact) mass is 545 g/mol. The van der Waals surface area contributed by atoms with Crippen LogP contribution in [-0.2, 0) is 9.59 Å². The summed E-state index contributed by atoms with van der Waals surface area (Å²) in [5, 5.41) is 10.1. The highest BCUT2D eigenvalue weighted by Crippen LogP contribution is 2.49. The molecule has 5 rings (SSSR count). The van der Waals surface area contributed by atoms with E-state index in [0.717, 1.165) is 39.5 Å². The van der Waals surface area contributed by atoms with Crippen molar-refractivity contribution in [3.05, 3.63) is 88.1 Å². The average molecular weight is 546 g/mol. The number of thiophene rings is 1. The highest BCUT2D eigenvalue weighted by Gasteiger charge is 2.38. The lowest BCUT2D eigenvalue weighted by Gasteiger charge is -2.23. The number of aromatic nitrogens is 2. The van der Waals surface area contributed by atoms with E-state index in [1.54, 1.807) is 28.0 Å². The molecule has 1 atom stereocenters. The molecule has 2 aromatic heterocycles. The second-order valence-electron chi connectivity index (χ2n) is 9.54. The molecular weight excluding hydrogens is 514 g/mol. The van der Waals surface area contributed by atoms with E-state index in [9.17, 15) is 9.59 Å². The number of rotatable bonds is 8. The second kappa shape index (κ2) is 11.6. The lowest BCUT2D eigenvalue weighted by molar-refractivity contribution is -0.122. The SMILES string of the molecule is Cc1cccc(-n2nc(-c3ccccc3)c3c2N(CC(=O)NCCN(C)C)C(=O)CSC3c2cccs2)c1. The Morgan fingerprint density at radius 1 is 1.11 bits per heavy atom. The van der Waals surface area contributed by atoms with Crippen LogP contribution in [-0.4, -0.2) is 66.0 Å². The topological polar surface area (TPSA) is 70.5 Å². The normalized spacial score (nSPS) is 15.4. The summed E-state index contributed by atoms with van der Waals surface area (Å²) in [7, 11) is 3.93. The number of hydrogen-bond donors (Lipinski definition) is 1. The zero-order chi connectivity index (χ0) is 26.6. The third-order valence-electron chi connectivity index (χ3n) is 6.37. The summed E-state index contributed by atoms with van der Waals surface area (Å²) in [4.78, 5) is 31.6. The number of aryl methyl sites for hydroxylation is 1. The van der Waals surface area contributed by atoms with Gasteiger partial charge in [0.1, 0.15) is 12.4 Å². The standard InChI is InChI=1S/C29H31N5O2S2/c1-20-9-7-12-22(17-20)34-29-26(27(31-34)21-10-5-4-6-11-21)28(23-13-8-16-37-23)38-19-25(36)33(29)18-24(35)30-14-15-32(2)3/h4-13,16-17,28H,14-15,18-19H2,1-3H3,(H,30,35). The van der Waals surface area contributed by atoms with Gasteiger partial charge in [0.2, 0.25) is 11.8 Å². The van der Waals surface area contributed by atoms with Gasteiger partial charge in [0.25, 0.3) is 0 Å². The highest BCUT2D eigenvalue weighted by atomic mass is 32.2. The Hall–Kier alpha value is -3.40. The fourth-order valence-electron chi connectivity index (χ4n) is 4.55. The summed E-state index contributed by atoms with van der Waals surface area (Å²) in [6, 6.07) is 22.3. The Balaban J connectivity index is 1.70. The van der Waals surface area contributed by atoms with Crippen molar-refractivity contribution in [3.8, 4) is 16.9 Å². The van der Waals surface area contributed by atoms with Crippen molar-refractivity contribution in [2.75, 3.05) is 44.4 Å². The summed E-state index contributed by atoms with van der Waals surface area (Å²) >= 11 is 3.27.